The van der Waals surface area contributed by atoms with Crippen molar-refractivity contribution < 1.29 is 42.1 Å². The first kappa shape index (κ1) is 30.7. The Morgan fingerprint density at radius 2 is 1.95 bits per heavy atom. The largest absolute Gasteiger partial charge is 0.496 e. The fraction of sp³-hybridized carbons (Fsp3) is 0.542. The number of alkyl halides is 1. The minimum absolute atomic E-state index is 0.259. The molecule has 15 heteroatoms. The van der Waals surface area contributed by atoms with Crippen LogP contribution >= 0.6 is 7.75 Å². The zero-order valence-electron chi connectivity index (χ0n) is 22.2. The van der Waals surface area contributed by atoms with Gasteiger partial charge in [-0.15, -0.1) is 0 Å². The molecule has 1 aromatic carbocycles. The molecule has 0 bridgehead atoms. The molecule has 3 N–H and O–H groups in total. The maximum atomic E-state index is 15.5. The number of halogens is 1. The summed E-state index contributed by atoms with van der Waals surface area (Å²) in [5.41, 5.74) is -3.62. The Hall–Kier alpha value is -2.87. The Morgan fingerprint density at radius 1 is 1.26 bits per heavy atom. The first-order valence-electron chi connectivity index (χ1n) is 12.1. The van der Waals surface area contributed by atoms with E-state index in [1.165, 1.54) is 14.0 Å². The normalized spacial score (nSPS) is 25.3. The van der Waals surface area contributed by atoms with Gasteiger partial charge < -0.3 is 19.3 Å². The van der Waals surface area contributed by atoms with Crippen LogP contribution in [0.1, 0.15) is 39.5 Å². The molecule has 216 valence electrons. The molecular weight excluding hydrogens is 540 g/mol. The summed E-state index contributed by atoms with van der Waals surface area (Å²) in [6, 6.07) is 6.65. The monoisotopic (exact) mass is 573 g/mol. The maximum Gasteiger partial charge on any atom is 0.406 e. The number of rotatable bonds is 12. The van der Waals surface area contributed by atoms with Crippen molar-refractivity contribution in [2.75, 3.05) is 13.7 Å². The highest BCUT2D eigenvalue weighted by molar-refractivity contribution is 7.51. The fourth-order valence-electron chi connectivity index (χ4n) is 3.85. The highest BCUT2D eigenvalue weighted by Gasteiger charge is 2.55. The molecule has 0 saturated carbocycles. The van der Waals surface area contributed by atoms with E-state index in [-0.39, 0.29) is 6.61 Å². The smallest absolute Gasteiger partial charge is 0.406 e. The highest BCUT2D eigenvalue weighted by Crippen LogP contribution is 2.48. The second-order valence-electron chi connectivity index (χ2n) is 9.36. The van der Waals surface area contributed by atoms with E-state index in [2.05, 4.69) is 5.09 Å². The third-order valence-electron chi connectivity index (χ3n) is 5.87. The maximum absolute atomic E-state index is 15.5. The van der Waals surface area contributed by atoms with Crippen LogP contribution in [-0.4, -0.2) is 64.4 Å². The molecule has 13 nitrogen and oxygen atoms in total. The number of methoxy groups -OCH3 is 1. The molecule has 0 spiro atoms. The van der Waals surface area contributed by atoms with Crippen LogP contribution in [0.15, 0.2) is 46.1 Å². The Morgan fingerprint density at radius 3 is 2.59 bits per heavy atom. The minimum atomic E-state index is -4.33. The number of H-pyrrole nitrogens is 1. The summed E-state index contributed by atoms with van der Waals surface area (Å²) in [5.74, 6) is -0.269. The molecule has 39 heavy (non-hydrogen) atoms. The number of para-hydroxylation sites is 1. The molecule has 2 heterocycles. The van der Waals surface area contributed by atoms with Crippen LogP contribution in [0.3, 0.4) is 0 Å². The van der Waals surface area contributed by atoms with Gasteiger partial charge in [0.05, 0.1) is 26.4 Å². The Kier molecular flexibility index (Phi) is 9.86. The van der Waals surface area contributed by atoms with Crippen LogP contribution in [-0.2, 0) is 34.5 Å². The molecule has 3 rings (SSSR count). The number of benzene rings is 1. The summed E-state index contributed by atoms with van der Waals surface area (Å²) in [6.07, 6.45) is -4.27. The van der Waals surface area contributed by atoms with Gasteiger partial charge in [0.25, 0.3) is 5.56 Å². The molecule has 1 aromatic heterocycles. The summed E-state index contributed by atoms with van der Waals surface area (Å²) in [4.78, 5) is 37.9. The number of hydrogen-bond acceptors (Lipinski definition) is 10. The number of nitrogens with one attached hydrogen (secondary N) is 2. The summed E-state index contributed by atoms with van der Waals surface area (Å²) in [6.45, 7) is 4.79. The predicted molar refractivity (Wildman–Crippen MR) is 136 cm³/mol. The number of carbonyl (C=O) groups excluding carboxylic acids is 1. The highest BCUT2D eigenvalue weighted by atomic mass is 31.2. The van der Waals surface area contributed by atoms with Gasteiger partial charge >= 0.3 is 19.4 Å². The van der Waals surface area contributed by atoms with Crippen LogP contribution in [0.5, 0.6) is 5.75 Å². The first-order valence-corrected chi connectivity index (χ1v) is 13.6. The number of carbonyl (C=O) groups is 1. The van der Waals surface area contributed by atoms with Gasteiger partial charge in [-0.1, -0.05) is 18.2 Å². The summed E-state index contributed by atoms with van der Waals surface area (Å²) < 4.78 is 57.1. The van der Waals surface area contributed by atoms with Crippen LogP contribution in [0.25, 0.3) is 0 Å². The van der Waals surface area contributed by atoms with E-state index in [1.807, 2.05) is 4.98 Å². The lowest BCUT2D eigenvalue weighted by atomic mass is 9.98. The number of aromatic amines is 1. The van der Waals surface area contributed by atoms with E-state index in [0.717, 1.165) is 23.8 Å². The van der Waals surface area contributed by atoms with Gasteiger partial charge in [0.1, 0.15) is 24.0 Å². The van der Waals surface area contributed by atoms with Crippen molar-refractivity contribution in [3.63, 3.8) is 0 Å². The average molecular weight is 574 g/mol. The fourth-order valence-corrected chi connectivity index (χ4v) is 5.30. The molecule has 1 unspecified atom stereocenters. The number of aliphatic hydroxyl groups is 1. The Labute approximate surface area is 223 Å². The molecule has 6 atom stereocenters. The van der Waals surface area contributed by atoms with Crippen LogP contribution < -0.4 is 21.1 Å². The molecule has 0 radical (unpaired) electrons. The summed E-state index contributed by atoms with van der Waals surface area (Å²) >= 11 is 0. The lowest BCUT2D eigenvalue weighted by Crippen LogP contribution is -2.43. The molecule has 1 saturated heterocycles. The van der Waals surface area contributed by atoms with Crippen LogP contribution in [0.4, 0.5) is 4.39 Å². The number of aliphatic hydroxyl groups excluding tert-OH is 1. The molecule has 2 aromatic rings. The molecule has 0 amide bonds. The van der Waals surface area contributed by atoms with Gasteiger partial charge in [-0.2, -0.15) is 0 Å². The SMILES string of the molecule is COc1ccccc1COP(=O)(N[C@@H](C)C(=O)OC(C)C)OC[C@H]1O[C@@H](n2ccc(=O)[nH]c2=O)[C@](C)(F)[C@@H]1O. The zero-order chi connectivity index (χ0) is 29.0. The van der Waals surface area contributed by atoms with Gasteiger partial charge in [-0.25, -0.2) is 18.8 Å². The number of hydrogen-bond donors (Lipinski definition) is 3. The van der Waals surface area contributed by atoms with E-state index in [0.29, 0.717) is 11.3 Å². The summed E-state index contributed by atoms with van der Waals surface area (Å²) in [7, 11) is -2.88. The van der Waals surface area contributed by atoms with Gasteiger partial charge in [0.15, 0.2) is 11.9 Å². The van der Waals surface area contributed by atoms with E-state index in [4.69, 9.17) is 23.3 Å². The molecular formula is C24H33FN3O10P. The van der Waals surface area contributed by atoms with Crippen molar-refractivity contribution in [2.24, 2.45) is 0 Å². The zero-order valence-corrected chi connectivity index (χ0v) is 23.1. The molecule has 1 fully saturated rings. The quantitative estimate of drug-likeness (QED) is 0.250. The van der Waals surface area contributed by atoms with Gasteiger partial charge in [0.2, 0.25) is 0 Å². The molecule has 0 aliphatic carbocycles. The second kappa shape index (κ2) is 12.5. The predicted octanol–water partition coefficient (Wildman–Crippen LogP) is 1.80. The van der Waals surface area contributed by atoms with E-state index in [1.54, 1.807) is 38.1 Å². The minimum Gasteiger partial charge on any atom is -0.496 e. The third-order valence-corrected chi connectivity index (χ3v) is 7.53. The van der Waals surface area contributed by atoms with Gasteiger partial charge in [-0.3, -0.25) is 28.2 Å². The number of nitrogens with zero attached hydrogens (tertiary/aromatic N) is 1. The topological polar surface area (TPSA) is 167 Å². The second-order valence-corrected chi connectivity index (χ2v) is 11.1. The van der Waals surface area contributed by atoms with Crippen LogP contribution in [0.2, 0.25) is 0 Å². The van der Waals surface area contributed by atoms with Crippen molar-refractivity contribution >= 4 is 13.7 Å². The van der Waals surface area contributed by atoms with Crippen LogP contribution in [0, 0.1) is 0 Å². The van der Waals surface area contributed by atoms with E-state index in [9.17, 15) is 24.1 Å². The number of aromatic nitrogens is 2. The number of esters is 1. The van der Waals surface area contributed by atoms with Crippen molar-refractivity contribution in [3.8, 4) is 5.75 Å². The van der Waals surface area contributed by atoms with Crippen molar-refractivity contribution in [1.29, 1.82) is 0 Å². The summed E-state index contributed by atoms with van der Waals surface area (Å²) in [5, 5.41) is 13.1. The van der Waals surface area contributed by atoms with Gasteiger partial charge in [0, 0.05) is 17.8 Å². The third kappa shape index (κ3) is 7.41. The van der Waals surface area contributed by atoms with Gasteiger partial charge in [-0.05, 0) is 33.8 Å². The molecule has 1 aliphatic rings. The molecule has 1 aliphatic heterocycles. The number of ether oxygens (including phenoxy) is 3. The Balaban J connectivity index is 1.80. The van der Waals surface area contributed by atoms with E-state index >= 15 is 4.39 Å². The van der Waals surface area contributed by atoms with Crippen molar-refractivity contribution in [2.45, 2.75) is 70.6 Å². The lowest BCUT2D eigenvalue weighted by molar-refractivity contribution is -0.149. The van der Waals surface area contributed by atoms with E-state index < -0.39 is 67.8 Å². The first-order chi connectivity index (χ1) is 18.3. The Bertz CT molecular complexity index is 1310. The van der Waals surface area contributed by atoms with Crippen molar-refractivity contribution in [3.05, 3.63) is 62.9 Å². The lowest BCUT2D eigenvalue weighted by Gasteiger charge is -2.25. The van der Waals surface area contributed by atoms with Crippen molar-refractivity contribution in [1.82, 2.24) is 14.6 Å². The standard InChI is InChI=1S/C24H33FN3O10P/c1-14(2)37-21(31)15(3)27-39(33,35-12-16-8-6-7-9-17(16)34-5)36-13-18-20(30)24(4,25)22(38-18)28-11-10-19(29)26-23(28)32/h6-11,14-15,18,20,22,30H,12-13H2,1-5H3,(H,27,33)(H,26,29,32)/t15-,18+,20+,22+,24+,39?/m0/s1. The average Bonchev–Trinajstić information content (AvgIpc) is 3.09.